The third-order valence-electron chi connectivity index (χ3n) is 5.09. The van der Waals surface area contributed by atoms with Crippen LogP contribution < -0.4 is 5.32 Å². The molecule has 30 heavy (non-hydrogen) atoms. The molecule has 1 aliphatic rings. The van der Waals surface area contributed by atoms with Gasteiger partial charge in [0.2, 0.25) is 5.91 Å². The standard InChI is InChI=1S/C23H19Cl2N3O2/c24-19-9-8-15(13-20(19)25)14-27-22(29)21-17-6-1-2-7-18(17)23(30)28(21)12-10-16-5-3-4-11-26-16/h1-9,11,13,21H,10,12,14H2,(H,27,29). The molecule has 2 heterocycles. The van der Waals surface area contributed by atoms with E-state index in [1.54, 1.807) is 35.4 Å². The molecule has 0 fully saturated rings. The van der Waals surface area contributed by atoms with Crippen LogP contribution in [0.25, 0.3) is 0 Å². The summed E-state index contributed by atoms with van der Waals surface area (Å²) in [5.74, 6) is -0.378. The molecule has 0 spiro atoms. The van der Waals surface area contributed by atoms with Crippen LogP contribution in [0.1, 0.15) is 33.2 Å². The summed E-state index contributed by atoms with van der Waals surface area (Å²) >= 11 is 12.0. The Morgan fingerprint density at radius 3 is 2.60 bits per heavy atom. The van der Waals surface area contributed by atoms with Crippen LogP contribution in [0.3, 0.4) is 0 Å². The number of fused-ring (bicyclic) bond motifs is 1. The molecule has 4 rings (SSSR count). The van der Waals surface area contributed by atoms with Gasteiger partial charge in [-0.25, -0.2) is 0 Å². The van der Waals surface area contributed by atoms with Gasteiger partial charge >= 0.3 is 0 Å². The van der Waals surface area contributed by atoms with Crippen LogP contribution in [0.5, 0.6) is 0 Å². The van der Waals surface area contributed by atoms with Crippen molar-refractivity contribution in [1.82, 2.24) is 15.2 Å². The lowest BCUT2D eigenvalue weighted by Crippen LogP contribution is -2.40. The SMILES string of the molecule is O=C(NCc1ccc(Cl)c(Cl)c1)C1c2ccccc2C(=O)N1CCc1ccccn1. The topological polar surface area (TPSA) is 62.3 Å². The molecule has 1 atom stereocenters. The minimum atomic E-state index is -0.680. The number of nitrogens with zero attached hydrogens (tertiary/aromatic N) is 2. The molecule has 3 aromatic rings. The van der Waals surface area contributed by atoms with Crippen molar-refractivity contribution in [2.75, 3.05) is 6.54 Å². The quantitative estimate of drug-likeness (QED) is 0.617. The molecule has 1 aliphatic heterocycles. The molecule has 2 amide bonds. The molecule has 0 saturated carbocycles. The fourth-order valence-electron chi connectivity index (χ4n) is 3.60. The lowest BCUT2D eigenvalue weighted by molar-refractivity contribution is -0.125. The van der Waals surface area contributed by atoms with Crippen molar-refractivity contribution < 1.29 is 9.59 Å². The Kier molecular flexibility index (Phi) is 6.02. The predicted octanol–water partition coefficient (Wildman–Crippen LogP) is 4.44. The first-order chi connectivity index (χ1) is 14.5. The van der Waals surface area contributed by atoms with Gasteiger partial charge in [-0.3, -0.25) is 14.6 Å². The second-order valence-electron chi connectivity index (χ2n) is 7.03. The van der Waals surface area contributed by atoms with Crippen LogP contribution in [0.4, 0.5) is 0 Å². The highest BCUT2D eigenvalue weighted by atomic mass is 35.5. The van der Waals surface area contributed by atoms with Gasteiger partial charge in [-0.15, -0.1) is 0 Å². The minimum Gasteiger partial charge on any atom is -0.350 e. The Morgan fingerprint density at radius 2 is 1.83 bits per heavy atom. The first-order valence-electron chi connectivity index (χ1n) is 9.56. The summed E-state index contributed by atoms with van der Waals surface area (Å²) in [5.41, 5.74) is 2.98. The Balaban J connectivity index is 1.53. The third-order valence-corrected chi connectivity index (χ3v) is 5.83. The van der Waals surface area contributed by atoms with Crippen molar-refractivity contribution >= 4 is 35.0 Å². The van der Waals surface area contributed by atoms with Crippen LogP contribution in [0.15, 0.2) is 66.9 Å². The fourth-order valence-corrected chi connectivity index (χ4v) is 3.92. The normalized spacial score (nSPS) is 15.2. The van der Waals surface area contributed by atoms with Gasteiger partial charge in [0, 0.05) is 37.0 Å². The molecule has 1 aromatic heterocycles. The molecule has 152 valence electrons. The maximum atomic E-state index is 13.1. The first kappa shape index (κ1) is 20.4. The van der Waals surface area contributed by atoms with E-state index in [0.717, 1.165) is 16.8 Å². The number of hydrogen-bond acceptors (Lipinski definition) is 3. The second-order valence-corrected chi connectivity index (χ2v) is 7.84. The van der Waals surface area contributed by atoms with Gasteiger partial charge in [-0.1, -0.05) is 53.5 Å². The van der Waals surface area contributed by atoms with Crippen molar-refractivity contribution in [2.24, 2.45) is 0 Å². The molecular weight excluding hydrogens is 421 g/mol. The summed E-state index contributed by atoms with van der Waals surface area (Å²) in [6.45, 7) is 0.687. The van der Waals surface area contributed by atoms with Gasteiger partial charge in [0.05, 0.1) is 10.0 Å². The molecule has 1 unspecified atom stereocenters. The van der Waals surface area contributed by atoms with Crippen LogP contribution >= 0.6 is 23.2 Å². The van der Waals surface area contributed by atoms with E-state index in [1.165, 1.54) is 0 Å². The van der Waals surface area contributed by atoms with Crippen LogP contribution in [0, 0.1) is 0 Å². The van der Waals surface area contributed by atoms with Gasteiger partial charge in [0.1, 0.15) is 6.04 Å². The number of rotatable bonds is 6. The van der Waals surface area contributed by atoms with E-state index in [9.17, 15) is 9.59 Å². The monoisotopic (exact) mass is 439 g/mol. The summed E-state index contributed by atoms with van der Waals surface area (Å²) in [5, 5.41) is 3.82. The Morgan fingerprint density at radius 1 is 1.03 bits per heavy atom. The maximum Gasteiger partial charge on any atom is 0.255 e. The number of halogens is 2. The molecule has 2 aromatic carbocycles. The van der Waals surface area contributed by atoms with Gasteiger partial charge < -0.3 is 10.2 Å². The van der Waals surface area contributed by atoms with E-state index in [4.69, 9.17) is 23.2 Å². The summed E-state index contributed by atoms with van der Waals surface area (Å²) in [6.07, 6.45) is 2.29. The number of pyridine rings is 1. The summed E-state index contributed by atoms with van der Waals surface area (Å²) in [7, 11) is 0. The van der Waals surface area contributed by atoms with Gasteiger partial charge in [0.25, 0.3) is 5.91 Å². The molecule has 1 N–H and O–H groups in total. The number of amides is 2. The molecular formula is C23H19Cl2N3O2. The number of nitrogens with one attached hydrogen (secondary N) is 1. The third kappa shape index (κ3) is 4.18. The zero-order chi connectivity index (χ0) is 21.1. The van der Waals surface area contributed by atoms with Crippen molar-refractivity contribution in [3.63, 3.8) is 0 Å². The Bertz CT molecular complexity index is 1090. The maximum absolute atomic E-state index is 13.1. The van der Waals surface area contributed by atoms with Gasteiger partial charge in [-0.2, -0.15) is 0 Å². The molecule has 7 heteroatoms. The number of carbonyl (C=O) groups is 2. The second kappa shape index (κ2) is 8.86. The Hall–Kier alpha value is -2.89. The smallest absolute Gasteiger partial charge is 0.255 e. The summed E-state index contributed by atoms with van der Waals surface area (Å²) < 4.78 is 0. The highest BCUT2D eigenvalue weighted by Gasteiger charge is 2.40. The average molecular weight is 440 g/mol. The number of hydrogen-bond donors (Lipinski definition) is 1. The van der Waals surface area contributed by atoms with E-state index in [1.807, 2.05) is 36.4 Å². The lowest BCUT2D eigenvalue weighted by atomic mass is 10.0. The van der Waals surface area contributed by atoms with Crippen molar-refractivity contribution in [3.05, 3.63) is 99.3 Å². The number of carbonyl (C=O) groups excluding carboxylic acids is 2. The zero-order valence-corrected chi connectivity index (χ0v) is 17.5. The summed E-state index contributed by atoms with van der Waals surface area (Å²) in [4.78, 5) is 32.0. The van der Waals surface area contributed by atoms with Crippen LogP contribution in [-0.4, -0.2) is 28.2 Å². The van der Waals surface area contributed by atoms with Crippen LogP contribution in [-0.2, 0) is 17.8 Å². The molecule has 5 nitrogen and oxygen atoms in total. The van der Waals surface area contributed by atoms with E-state index >= 15 is 0 Å². The van der Waals surface area contributed by atoms with Gasteiger partial charge in [-0.05, 0) is 41.5 Å². The van der Waals surface area contributed by atoms with E-state index in [-0.39, 0.29) is 18.4 Å². The zero-order valence-electron chi connectivity index (χ0n) is 16.0. The molecule has 0 saturated heterocycles. The largest absolute Gasteiger partial charge is 0.350 e. The van der Waals surface area contributed by atoms with E-state index in [0.29, 0.717) is 28.6 Å². The van der Waals surface area contributed by atoms with Crippen molar-refractivity contribution in [1.29, 1.82) is 0 Å². The van der Waals surface area contributed by atoms with Crippen molar-refractivity contribution in [3.8, 4) is 0 Å². The first-order valence-corrected chi connectivity index (χ1v) is 10.3. The highest BCUT2D eigenvalue weighted by molar-refractivity contribution is 6.42. The average Bonchev–Trinajstić information content (AvgIpc) is 3.05. The van der Waals surface area contributed by atoms with Gasteiger partial charge in [0.15, 0.2) is 0 Å². The van der Waals surface area contributed by atoms with E-state index < -0.39 is 6.04 Å². The fraction of sp³-hybridized carbons (Fsp3) is 0.174. The minimum absolute atomic E-state index is 0.142. The number of aromatic nitrogens is 1. The van der Waals surface area contributed by atoms with Crippen molar-refractivity contribution in [2.45, 2.75) is 19.0 Å². The molecule has 0 radical (unpaired) electrons. The lowest BCUT2D eigenvalue weighted by Gasteiger charge is -2.24. The van der Waals surface area contributed by atoms with Crippen LogP contribution in [0.2, 0.25) is 10.0 Å². The van der Waals surface area contributed by atoms with E-state index in [2.05, 4.69) is 10.3 Å². The summed E-state index contributed by atoms with van der Waals surface area (Å²) in [6, 6.07) is 17.4. The number of benzene rings is 2. The Labute approximate surface area is 184 Å². The molecule has 0 aliphatic carbocycles. The highest BCUT2D eigenvalue weighted by Crippen LogP contribution is 2.34. The molecule has 0 bridgehead atoms. The predicted molar refractivity (Wildman–Crippen MR) is 116 cm³/mol.